The van der Waals surface area contributed by atoms with E-state index < -0.39 is 5.97 Å². The number of aromatic nitrogens is 1. The lowest BCUT2D eigenvalue weighted by Gasteiger charge is -2.08. The first-order chi connectivity index (χ1) is 7.49. The third kappa shape index (κ3) is 3.76. The van der Waals surface area contributed by atoms with Gasteiger partial charge in [0.25, 0.3) is 0 Å². The predicted octanol–water partition coefficient (Wildman–Crippen LogP) is 1.10. The summed E-state index contributed by atoms with van der Waals surface area (Å²) in [6.07, 6.45) is 3.53. The summed E-state index contributed by atoms with van der Waals surface area (Å²) in [5.74, 6) is -0.981. The van der Waals surface area contributed by atoms with Gasteiger partial charge in [-0.1, -0.05) is 0 Å². The summed E-state index contributed by atoms with van der Waals surface area (Å²) in [5.41, 5.74) is 0.240. The topological polar surface area (TPSA) is 71.3 Å². The molecule has 0 saturated carbocycles. The smallest absolute Gasteiger partial charge is 0.337 e. The van der Waals surface area contributed by atoms with Crippen LogP contribution in [0.4, 0.5) is 0 Å². The third-order valence-corrected chi connectivity index (χ3v) is 2.04. The van der Waals surface area contributed by atoms with Crippen LogP contribution in [0.15, 0.2) is 18.5 Å². The van der Waals surface area contributed by atoms with E-state index in [-0.39, 0.29) is 17.5 Å². The van der Waals surface area contributed by atoms with Gasteiger partial charge in [0.15, 0.2) is 0 Å². The largest absolute Gasteiger partial charge is 0.478 e. The number of carbonyl (C=O) groups is 2. The number of amides is 1. The van der Waals surface area contributed by atoms with Crippen molar-refractivity contribution in [2.24, 2.45) is 0 Å². The van der Waals surface area contributed by atoms with E-state index in [9.17, 15) is 9.59 Å². The number of rotatable bonds is 5. The molecule has 5 heteroatoms. The van der Waals surface area contributed by atoms with E-state index in [0.29, 0.717) is 13.0 Å². The van der Waals surface area contributed by atoms with Crippen molar-refractivity contribution in [3.05, 3.63) is 24.0 Å². The SMILES string of the molecule is CC(C)NC(=O)CCn1ccc(C(=O)O)c1. The maximum atomic E-state index is 11.3. The number of carboxylic acids is 1. The summed E-state index contributed by atoms with van der Waals surface area (Å²) < 4.78 is 1.70. The van der Waals surface area contributed by atoms with Gasteiger partial charge in [-0.2, -0.15) is 0 Å². The Balaban J connectivity index is 2.42. The molecule has 16 heavy (non-hydrogen) atoms. The molecule has 0 bridgehead atoms. The first kappa shape index (κ1) is 12.3. The van der Waals surface area contributed by atoms with Crippen molar-refractivity contribution in [3.63, 3.8) is 0 Å². The van der Waals surface area contributed by atoms with Crippen LogP contribution in [0.3, 0.4) is 0 Å². The molecule has 0 spiro atoms. The van der Waals surface area contributed by atoms with Crippen LogP contribution in [0.25, 0.3) is 0 Å². The molecule has 0 fully saturated rings. The summed E-state index contributed by atoms with van der Waals surface area (Å²) in [5, 5.41) is 11.5. The average Bonchev–Trinajstić information content (AvgIpc) is 2.61. The quantitative estimate of drug-likeness (QED) is 0.786. The fourth-order valence-electron chi connectivity index (χ4n) is 1.33. The van der Waals surface area contributed by atoms with Crippen molar-refractivity contribution >= 4 is 11.9 Å². The molecule has 0 atom stereocenters. The van der Waals surface area contributed by atoms with Gasteiger partial charge in [0.05, 0.1) is 5.56 Å². The van der Waals surface area contributed by atoms with Crippen molar-refractivity contribution in [1.82, 2.24) is 9.88 Å². The van der Waals surface area contributed by atoms with Gasteiger partial charge in [-0.15, -0.1) is 0 Å². The monoisotopic (exact) mass is 224 g/mol. The zero-order valence-electron chi connectivity index (χ0n) is 9.43. The lowest BCUT2D eigenvalue weighted by Crippen LogP contribution is -2.30. The van der Waals surface area contributed by atoms with Crippen LogP contribution in [-0.2, 0) is 11.3 Å². The molecule has 1 rings (SSSR count). The highest BCUT2D eigenvalue weighted by atomic mass is 16.4. The normalized spacial score (nSPS) is 10.4. The second-order valence-corrected chi connectivity index (χ2v) is 3.92. The molecule has 1 amide bonds. The van der Waals surface area contributed by atoms with E-state index in [4.69, 9.17) is 5.11 Å². The zero-order valence-corrected chi connectivity index (χ0v) is 9.43. The maximum Gasteiger partial charge on any atom is 0.337 e. The van der Waals surface area contributed by atoms with Crippen LogP contribution in [0.2, 0.25) is 0 Å². The van der Waals surface area contributed by atoms with E-state index in [0.717, 1.165) is 0 Å². The van der Waals surface area contributed by atoms with Gasteiger partial charge in [-0.05, 0) is 19.9 Å². The molecule has 0 aliphatic heterocycles. The molecule has 0 unspecified atom stereocenters. The average molecular weight is 224 g/mol. The van der Waals surface area contributed by atoms with Crippen LogP contribution in [0, 0.1) is 0 Å². The highest BCUT2D eigenvalue weighted by Gasteiger charge is 2.06. The Morgan fingerprint density at radius 2 is 2.19 bits per heavy atom. The summed E-state index contributed by atoms with van der Waals surface area (Å²) in [7, 11) is 0. The molecule has 1 aromatic rings. The standard InChI is InChI=1S/C11H16N2O3/c1-8(2)12-10(14)4-6-13-5-3-9(7-13)11(15)16/h3,5,7-8H,4,6H2,1-2H3,(H,12,14)(H,15,16). The molecular formula is C11H16N2O3. The number of aromatic carboxylic acids is 1. The number of carboxylic acid groups (broad SMARTS) is 1. The van der Waals surface area contributed by atoms with E-state index in [1.54, 1.807) is 10.8 Å². The van der Waals surface area contributed by atoms with E-state index in [2.05, 4.69) is 5.32 Å². The highest BCUT2D eigenvalue weighted by Crippen LogP contribution is 2.02. The summed E-state index contributed by atoms with van der Waals surface area (Å²) in [4.78, 5) is 21.9. The van der Waals surface area contributed by atoms with E-state index in [1.165, 1.54) is 12.3 Å². The molecular weight excluding hydrogens is 208 g/mol. The number of carbonyl (C=O) groups excluding carboxylic acids is 1. The molecule has 1 aromatic heterocycles. The summed E-state index contributed by atoms with van der Waals surface area (Å²) >= 11 is 0. The molecule has 5 nitrogen and oxygen atoms in total. The van der Waals surface area contributed by atoms with Crippen molar-refractivity contribution in [2.75, 3.05) is 0 Å². The number of aryl methyl sites for hydroxylation is 1. The molecule has 0 aliphatic carbocycles. The van der Waals surface area contributed by atoms with Gasteiger partial charge in [-0.3, -0.25) is 4.79 Å². The Kier molecular flexibility index (Phi) is 4.10. The third-order valence-electron chi connectivity index (χ3n) is 2.04. The number of hydrogen-bond donors (Lipinski definition) is 2. The van der Waals surface area contributed by atoms with Crippen molar-refractivity contribution in [1.29, 1.82) is 0 Å². The van der Waals surface area contributed by atoms with Gasteiger partial charge in [0.2, 0.25) is 5.91 Å². The lowest BCUT2D eigenvalue weighted by atomic mass is 10.3. The second-order valence-electron chi connectivity index (χ2n) is 3.92. The van der Waals surface area contributed by atoms with E-state index >= 15 is 0 Å². The fraction of sp³-hybridized carbons (Fsp3) is 0.455. The first-order valence-corrected chi connectivity index (χ1v) is 5.17. The Morgan fingerprint density at radius 1 is 1.50 bits per heavy atom. The van der Waals surface area contributed by atoms with Crippen LogP contribution < -0.4 is 5.32 Å². The summed E-state index contributed by atoms with van der Waals surface area (Å²) in [6, 6.07) is 1.65. The Hall–Kier alpha value is -1.78. The molecule has 88 valence electrons. The molecule has 0 radical (unpaired) electrons. The van der Waals surface area contributed by atoms with Crippen LogP contribution in [0.5, 0.6) is 0 Å². The fourth-order valence-corrected chi connectivity index (χ4v) is 1.33. The molecule has 2 N–H and O–H groups in total. The first-order valence-electron chi connectivity index (χ1n) is 5.17. The van der Waals surface area contributed by atoms with Crippen molar-refractivity contribution in [3.8, 4) is 0 Å². The zero-order chi connectivity index (χ0) is 12.1. The minimum absolute atomic E-state index is 0.0272. The van der Waals surface area contributed by atoms with Gasteiger partial charge >= 0.3 is 5.97 Å². The molecule has 0 aromatic carbocycles. The van der Waals surface area contributed by atoms with Gasteiger partial charge in [0, 0.05) is 31.4 Å². The predicted molar refractivity (Wildman–Crippen MR) is 59.3 cm³/mol. The lowest BCUT2D eigenvalue weighted by molar-refractivity contribution is -0.121. The van der Waals surface area contributed by atoms with Crippen molar-refractivity contribution < 1.29 is 14.7 Å². The van der Waals surface area contributed by atoms with Gasteiger partial charge in [0.1, 0.15) is 0 Å². The Morgan fingerprint density at radius 3 is 2.69 bits per heavy atom. The van der Waals surface area contributed by atoms with E-state index in [1.807, 2.05) is 13.8 Å². The second kappa shape index (κ2) is 5.34. The van der Waals surface area contributed by atoms with Crippen LogP contribution in [0.1, 0.15) is 30.6 Å². The Bertz CT molecular complexity index is 382. The van der Waals surface area contributed by atoms with Crippen molar-refractivity contribution in [2.45, 2.75) is 32.9 Å². The molecule has 0 aliphatic rings. The summed E-state index contributed by atoms with van der Waals surface area (Å²) in [6.45, 7) is 4.29. The Labute approximate surface area is 94.1 Å². The maximum absolute atomic E-state index is 11.3. The van der Waals surface area contributed by atoms with Crippen LogP contribution >= 0.6 is 0 Å². The molecule has 1 heterocycles. The number of hydrogen-bond acceptors (Lipinski definition) is 2. The minimum Gasteiger partial charge on any atom is -0.478 e. The minimum atomic E-state index is -0.953. The van der Waals surface area contributed by atoms with Gasteiger partial charge in [-0.25, -0.2) is 4.79 Å². The van der Waals surface area contributed by atoms with Gasteiger partial charge < -0.3 is 15.0 Å². The number of nitrogens with one attached hydrogen (secondary N) is 1. The molecule has 0 saturated heterocycles. The van der Waals surface area contributed by atoms with Crippen LogP contribution in [-0.4, -0.2) is 27.6 Å². The number of nitrogens with zero attached hydrogens (tertiary/aromatic N) is 1. The highest BCUT2D eigenvalue weighted by molar-refractivity contribution is 5.87.